The zero-order chi connectivity index (χ0) is 30.1. The van der Waals surface area contributed by atoms with Crippen molar-refractivity contribution in [2.45, 2.75) is 19.7 Å². The van der Waals surface area contributed by atoms with Crippen LogP contribution in [0.15, 0.2) is 95.7 Å². The van der Waals surface area contributed by atoms with Crippen LogP contribution >= 0.6 is 0 Å². The summed E-state index contributed by atoms with van der Waals surface area (Å²) in [6.07, 6.45) is -1.44. The van der Waals surface area contributed by atoms with Crippen LogP contribution in [0.2, 0.25) is 0 Å². The SMILES string of the molecule is Cc1ccccc1OCc1nc(-c2cnn(-c3ccc(C(F)(F)F)cc3)c2)n(-c2oc(-c3ccccc3)nc2C(N)=O)n1. The van der Waals surface area contributed by atoms with E-state index in [1.165, 1.54) is 27.7 Å². The van der Waals surface area contributed by atoms with E-state index in [9.17, 15) is 18.0 Å². The fraction of sp³-hybridized carbons (Fsp3) is 0.100. The van der Waals surface area contributed by atoms with Gasteiger partial charge in [0.25, 0.3) is 11.8 Å². The highest BCUT2D eigenvalue weighted by molar-refractivity contribution is 5.94. The molecule has 6 rings (SSSR count). The predicted octanol–water partition coefficient (Wildman–Crippen LogP) is 5.78. The van der Waals surface area contributed by atoms with Crippen LogP contribution in [0, 0.1) is 6.92 Å². The molecule has 0 fully saturated rings. The second-order valence-electron chi connectivity index (χ2n) is 9.44. The Labute approximate surface area is 242 Å². The number of nitrogens with zero attached hydrogens (tertiary/aromatic N) is 6. The molecule has 0 saturated carbocycles. The Hall–Kier alpha value is -5.72. The third-order valence-corrected chi connectivity index (χ3v) is 6.46. The van der Waals surface area contributed by atoms with Gasteiger partial charge < -0.3 is 14.9 Å². The quantitative estimate of drug-likeness (QED) is 0.240. The summed E-state index contributed by atoms with van der Waals surface area (Å²) >= 11 is 0. The molecule has 10 nitrogen and oxygen atoms in total. The lowest BCUT2D eigenvalue weighted by atomic mass is 10.2. The number of nitrogens with two attached hydrogens (primary N) is 1. The summed E-state index contributed by atoms with van der Waals surface area (Å²) < 4.78 is 53.8. The van der Waals surface area contributed by atoms with Crippen LogP contribution in [-0.4, -0.2) is 35.4 Å². The first kappa shape index (κ1) is 27.4. The van der Waals surface area contributed by atoms with E-state index in [0.29, 0.717) is 22.6 Å². The van der Waals surface area contributed by atoms with Gasteiger partial charge in [-0.05, 0) is 55.0 Å². The molecule has 0 aliphatic heterocycles. The van der Waals surface area contributed by atoms with Crippen molar-refractivity contribution in [2.75, 3.05) is 0 Å². The standard InChI is InChI=1S/C30H22F3N7O3/c1-18-7-5-6-10-23(18)42-17-24-36-27(20-15-35-39(16-20)22-13-11-21(12-14-22)30(31,32)33)40(38-24)29-25(26(34)41)37-28(43-29)19-8-3-2-4-9-19/h2-16H,17H2,1H3,(H2,34,41). The Morgan fingerprint density at radius 2 is 1.67 bits per heavy atom. The summed E-state index contributed by atoms with van der Waals surface area (Å²) in [7, 11) is 0. The first-order valence-electron chi connectivity index (χ1n) is 12.9. The van der Waals surface area contributed by atoms with Crippen molar-refractivity contribution in [3.63, 3.8) is 0 Å². The van der Waals surface area contributed by atoms with Crippen molar-refractivity contribution in [3.05, 3.63) is 114 Å². The normalized spacial score (nSPS) is 11.5. The number of primary amides is 1. The number of halogens is 3. The van der Waals surface area contributed by atoms with Crippen LogP contribution in [0.5, 0.6) is 5.75 Å². The molecule has 0 saturated heterocycles. The number of rotatable bonds is 8. The Bertz CT molecular complexity index is 1910. The minimum Gasteiger partial charge on any atom is -0.485 e. The van der Waals surface area contributed by atoms with Crippen LogP contribution in [0.3, 0.4) is 0 Å². The van der Waals surface area contributed by atoms with Gasteiger partial charge in [-0.25, -0.2) is 14.6 Å². The van der Waals surface area contributed by atoms with Gasteiger partial charge in [0.15, 0.2) is 17.3 Å². The maximum Gasteiger partial charge on any atom is 0.416 e. The number of hydrogen-bond donors (Lipinski definition) is 1. The molecular formula is C30H22F3N7O3. The second-order valence-corrected chi connectivity index (χ2v) is 9.44. The van der Waals surface area contributed by atoms with Gasteiger partial charge in [0.1, 0.15) is 12.4 Å². The Morgan fingerprint density at radius 3 is 2.37 bits per heavy atom. The molecule has 0 unspecified atom stereocenters. The minimum absolute atomic E-state index is 0.0243. The van der Waals surface area contributed by atoms with E-state index in [2.05, 4.69) is 20.2 Å². The highest BCUT2D eigenvalue weighted by Crippen LogP contribution is 2.31. The van der Waals surface area contributed by atoms with Crippen molar-refractivity contribution >= 4 is 5.91 Å². The molecule has 216 valence electrons. The number of para-hydroxylation sites is 1. The summed E-state index contributed by atoms with van der Waals surface area (Å²) in [5, 5.41) is 8.85. The molecule has 6 aromatic rings. The number of hydrogen-bond acceptors (Lipinski definition) is 7. The maximum absolute atomic E-state index is 13.1. The lowest BCUT2D eigenvalue weighted by molar-refractivity contribution is -0.137. The molecule has 43 heavy (non-hydrogen) atoms. The number of carbonyl (C=O) groups is 1. The summed E-state index contributed by atoms with van der Waals surface area (Å²) in [4.78, 5) is 21.4. The summed E-state index contributed by atoms with van der Waals surface area (Å²) in [6.45, 7) is 1.88. The molecule has 0 radical (unpaired) electrons. The number of aromatic nitrogens is 6. The summed E-state index contributed by atoms with van der Waals surface area (Å²) in [5.41, 5.74) is 7.05. The number of carbonyl (C=O) groups excluding carboxylic acids is 1. The van der Waals surface area contributed by atoms with E-state index >= 15 is 0 Å². The molecule has 1 amide bonds. The van der Waals surface area contributed by atoms with Gasteiger partial charge in [-0.3, -0.25) is 4.79 Å². The Kier molecular flexibility index (Phi) is 6.98. The fourth-order valence-corrected chi connectivity index (χ4v) is 4.31. The molecule has 3 heterocycles. The molecule has 3 aromatic carbocycles. The Morgan fingerprint density at radius 1 is 0.953 bits per heavy atom. The smallest absolute Gasteiger partial charge is 0.416 e. The lowest BCUT2D eigenvalue weighted by Crippen LogP contribution is -2.15. The van der Waals surface area contributed by atoms with Crippen LogP contribution in [0.25, 0.3) is 34.4 Å². The van der Waals surface area contributed by atoms with Crippen molar-refractivity contribution < 1.29 is 27.1 Å². The number of benzene rings is 3. The minimum atomic E-state index is -4.46. The van der Waals surface area contributed by atoms with Crippen molar-refractivity contribution in [2.24, 2.45) is 5.73 Å². The molecule has 0 atom stereocenters. The Balaban J connectivity index is 1.42. The fourth-order valence-electron chi connectivity index (χ4n) is 4.31. The molecule has 0 bridgehead atoms. The van der Waals surface area contributed by atoms with Crippen LogP contribution in [0.4, 0.5) is 13.2 Å². The monoisotopic (exact) mass is 585 g/mol. The third-order valence-electron chi connectivity index (χ3n) is 6.46. The van der Waals surface area contributed by atoms with Gasteiger partial charge >= 0.3 is 6.18 Å². The van der Waals surface area contributed by atoms with Gasteiger partial charge in [0, 0.05) is 11.8 Å². The van der Waals surface area contributed by atoms with E-state index < -0.39 is 17.6 Å². The van der Waals surface area contributed by atoms with Gasteiger partial charge in [0.2, 0.25) is 5.89 Å². The van der Waals surface area contributed by atoms with Gasteiger partial charge in [0.05, 0.1) is 23.0 Å². The molecule has 0 aliphatic carbocycles. The molecule has 0 aliphatic rings. The first-order valence-corrected chi connectivity index (χ1v) is 12.9. The van der Waals surface area contributed by atoms with Crippen molar-refractivity contribution in [1.29, 1.82) is 0 Å². The van der Waals surface area contributed by atoms with E-state index in [0.717, 1.165) is 17.7 Å². The van der Waals surface area contributed by atoms with Gasteiger partial charge in [-0.2, -0.15) is 23.0 Å². The van der Waals surface area contributed by atoms with E-state index in [-0.39, 0.29) is 35.7 Å². The average Bonchev–Trinajstić information content (AvgIpc) is 3.75. The molecule has 3 aromatic heterocycles. The number of oxazole rings is 1. The first-order chi connectivity index (χ1) is 20.7. The highest BCUT2D eigenvalue weighted by Gasteiger charge is 2.30. The van der Waals surface area contributed by atoms with E-state index in [4.69, 9.17) is 14.9 Å². The molecule has 0 spiro atoms. The van der Waals surface area contributed by atoms with Crippen LogP contribution < -0.4 is 10.5 Å². The molecular weight excluding hydrogens is 563 g/mol. The number of aryl methyl sites for hydroxylation is 1. The van der Waals surface area contributed by atoms with E-state index in [1.54, 1.807) is 30.5 Å². The zero-order valence-electron chi connectivity index (χ0n) is 22.5. The van der Waals surface area contributed by atoms with Crippen LogP contribution in [-0.2, 0) is 12.8 Å². The highest BCUT2D eigenvalue weighted by atomic mass is 19.4. The van der Waals surface area contributed by atoms with Crippen LogP contribution in [0.1, 0.15) is 27.4 Å². The number of amides is 1. The lowest BCUT2D eigenvalue weighted by Gasteiger charge is -2.07. The van der Waals surface area contributed by atoms with Crippen molar-refractivity contribution in [1.82, 2.24) is 29.5 Å². The number of ether oxygens (including phenoxy) is 1. The summed E-state index contributed by atoms with van der Waals surface area (Å²) in [6, 6.07) is 20.9. The molecule has 13 heteroatoms. The molecule has 2 N–H and O–H groups in total. The zero-order valence-corrected chi connectivity index (χ0v) is 22.5. The topological polar surface area (TPSA) is 127 Å². The van der Waals surface area contributed by atoms with Gasteiger partial charge in [-0.15, -0.1) is 5.10 Å². The van der Waals surface area contributed by atoms with Gasteiger partial charge in [-0.1, -0.05) is 36.4 Å². The predicted molar refractivity (Wildman–Crippen MR) is 148 cm³/mol. The average molecular weight is 586 g/mol. The largest absolute Gasteiger partial charge is 0.485 e. The second kappa shape index (κ2) is 10.9. The maximum atomic E-state index is 13.1. The van der Waals surface area contributed by atoms with E-state index in [1.807, 2.05) is 37.3 Å². The summed E-state index contributed by atoms with van der Waals surface area (Å²) in [5.74, 6) is 0.315. The number of alkyl halides is 3. The van der Waals surface area contributed by atoms with Crippen molar-refractivity contribution in [3.8, 4) is 40.2 Å². The third kappa shape index (κ3) is 5.60.